The van der Waals surface area contributed by atoms with Gasteiger partial charge in [-0.05, 0) is 19.9 Å². The molecule has 1 aliphatic heterocycles. The van der Waals surface area contributed by atoms with Crippen LogP contribution < -0.4 is 5.32 Å². The van der Waals surface area contributed by atoms with E-state index < -0.39 is 12.1 Å². The Morgan fingerprint density at radius 2 is 2.11 bits per heavy atom. The first-order valence-electron chi connectivity index (χ1n) is 6.08. The van der Waals surface area contributed by atoms with Crippen molar-refractivity contribution >= 4 is 11.8 Å². The van der Waals surface area contributed by atoms with Crippen LogP contribution in [0.5, 0.6) is 0 Å². The fraction of sp³-hybridized carbons (Fsp3) is 0.583. The molecule has 0 spiro atoms. The lowest BCUT2D eigenvalue weighted by Crippen LogP contribution is -2.61. The average molecular weight is 250 g/mol. The van der Waals surface area contributed by atoms with Gasteiger partial charge in [-0.15, -0.1) is 0 Å². The third-order valence-electron chi connectivity index (χ3n) is 3.39. The molecule has 1 aliphatic rings. The van der Waals surface area contributed by atoms with Crippen LogP contribution in [0.3, 0.4) is 0 Å². The molecule has 1 aromatic heterocycles. The van der Waals surface area contributed by atoms with E-state index in [2.05, 4.69) is 10.4 Å². The summed E-state index contributed by atoms with van der Waals surface area (Å²) >= 11 is 0. The number of aryl methyl sites for hydroxylation is 1. The Hall–Kier alpha value is -1.85. The molecule has 98 valence electrons. The summed E-state index contributed by atoms with van der Waals surface area (Å²) in [5.74, 6) is -0.114. The summed E-state index contributed by atoms with van der Waals surface area (Å²) in [5.41, 5.74) is 1.05. The Kier molecular flexibility index (Phi) is 3.36. The van der Waals surface area contributed by atoms with Gasteiger partial charge >= 0.3 is 0 Å². The summed E-state index contributed by atoms with van der Waals surface area (Å²) < 4.78 is 1.78. The van der Waals surface area contributed by atoms with Crippen molar-refractivity contribution in [3.05, 3.63) is 18.0 Å². The summed E-state index contributed by atoms with van der Waals surface area (Å²) in [6.07, 6.45) is 2.43. The molecule has 2 atom stereocenters. The van der Waals surface area contributed by atoms with Crippen molar-refractivity contribution in [2.24, 2.45) is 7.05 Å². The molecule has 1 N–H and O–H groups in total. The minimum Gasteiger partial charge on any atom is -0.343 e. The number of hydrogen-bond donors (Lipinski definition) is 1. The van der Waals surface area contributed by atoms with Gasteiger partial charge in [0.05, 0.1) is 0 Å². The van der Waals surface area contributed by atoms with Gasteiger partial charge in [0.2, 0.25) is 11.8 Å². The van der Waals surface area contributed by atoms with Crippen LogP contribution in [0.2, 0.25) is 0 Å². The van der Waals surface area contributed by atoms with Crippen LogP contribution >= 0.6 is 0 Å². The average Bonchev–Trinajstić information content (AvgIpc) is 2.73. The number of aromatic nitrogens is 2. The quantitative estimate of drug-likeness (QED) is 0.800. The fourth-order valence-electron chi connectivity index (χ4n) is 2.16. The molecule has 2 rings (SSSR count). The normalized spacial score (nSPS) is 24.3. The number of piperazine rings is 1. The monoisotopic (exact) mass is 250 g/mol. The van der Waals surface area contributed by atoms with Crippen LogP contribution in [-0.4, -0.2) is 45.1 Å². The lowest BCUT2D eigenvalue weighted by atomic mass is 10.1. The summed E-state index contributed by atoms with van der Waals surface area (Å²) in [6, 6.07) is 1.09. The van der Waals surface area contributed by atoms with Gasteiger partial charge in [-0.25, -0.2) is 0 Å². The molecule has 0 saturated carbocycles. The first-order valence-corrected chi connectivity index (χ1v) is 6.08. The van der Waals surface area contributed by atoms with Gasteiger partial charge < -0.3 is 10.2 Å². The summed E-state index contributed by atoms with van der Waals surface area (Å²) in [5, 5.41) is 6.75. The summed E-state index contributed by atoms with van der Waals surface area (Å²) in [6.45, 7) is 4.00. The number of amides is 2. The molecule has 18 heavy (non-hydrogen) atoms. The molecule has 1 aromatic rings. The molecule has 0 aromatic carbocycles. The number of carbonyl (C=O) groups is 2. The first-order chi connectivity index (χ1) is 8.50. The molecule has 1 fully saturated rings. The van der Waals surface area contributed by atoms with Gasteiger partial charge in [0.25, 0.3) is 0 Å². The van der Waals surface area contributed by atoms with Crippen LogP contribution in [0.1, 0.15) is 19.5 Å². The SMILES string of the molecule is CC1NC(=O)C(C)N(CCc2ccnn2C)C1=O. The van der Waals surface area contributed by atoms with Gasteiger partial charge in [0.15, 0.2) is 0 Å². The second kappa shape index (κ2) is 4.80. The van der Waals surface area contributed by atoms with Crippen molar-refractivity contribution in [1.82, 2.24) is 20.0 Å². The zero-order valence-electron chi connectivity index (χ0n) is 10.9. The smallest absolute Gasteiger partial charge is 0.245 e. The van der Waals surface area contributed by atoms with E-state index in [9.17, 15) is 9.59 Å². The van der Waals surface area contributed by atoms with Crippen LogP contribution in [0.4, 0.5) is 0 Å². The van der Waals surface area contributed by atoms with Crippen LogP contribution in [0, 0.1) is 0 Å². The number of rotatable bonds is 3. The maximum absolute atomic E-state index is 12.0. The van der Waals surface area contributed by atoms with Crippen molar-refractivity contribution in [3.63, 3.8) is 0 Å². The molecule has 2 heterocycles. The Morgan fingerprint density at radius 1 is 1.39 bits per heavy atom. The third kappa shape index (κ3) is 2.23. The largest absolute Gasteiger partial charge is 0.343 e. The molecule has 2 unspecified atom stereocenters. The lowest BCUT2D eigenvalue weighted by molar-refractivity contribution is -0.148. The maximum atomic E-state index is 12.0. The maximum Gasteiger partial charge on any atom is 0.245 e. The fourth-order valence-corrected chi connectivity index (χ4v) is 2.16. The molecule has 1 saturated heterocycles. The molecular formula is C12H18N4O2. The zero-order chi connectivity index (χ0) is 13.3. The lowest BCUT2D eigenvalue weighted by Gasteiger charge is -2.36. The minimum absolute atomic E-state index is 0.0238. The van der Waals surface area contributed by atoms with Gasteiger partial charge in [-0.1, -0.05) is 0 Å². The Balaban J connectivity index is 2.05. The zero-order valence-corrected chi connectivity index (χ0v) is 10.9. The molecule has 6 heteroatoms. The third-order valence-corrected chi connectivity index (χ3v) is 3.39. The van der Waals surface area contributed by atoms with E-state index >= 15 is 0 Å². The van der Waals surface area contributed by atoms with E-state index in [0.717, 1.165) is 5.69 Å². The number of carbonyl (C=O) groups excluding carboxylic acids is 2. The van der Waals surface area contributed by atoms with Crippen molar-refractivity contribution in [2.45, 2.75) is 32.4 Å². The topological polar surface area (TPSA) is 67.2 Å². The van der Waals surface area contributed by atoms with Crippen molar-refractivity contribution in [2.75, 3.05) is 6.54 Å². The highest BCUT2D eigenvalue weighted by Gasteiger charge is 2.35. The second-order valence-electron chi connectivity index (χ2n) is 4.63. The number of nitrogens with one attached hydrogen (secondary N) is 1. The van der Waals surface area contributed by atoms with Crippen LogP contribution in [0.25, 0.3) is 0 Å². The van der Waals surface area contributed by atoms with E-state index in [1.807, 2.05) is 13.1 Å². The predicted octanol–water partition coefficient (Wildman–Crippen LogP) is -0.302. The van der Waals surface area contributed by atoms with Crippen molar-refractivity contribution < 1.29 is 9.59 Å². The van der Waals surface area contributed by atoms with E-state index in [0.29, 0.717) is 13.0 Å². The molecule has 2 amide bonds. The second-order valence-corrected chi connectivity index (χ2v) is 4.63. The predicted molar refractivity (Wildman–Crippen MR) is 65.7 cm³/mol. The van der Waals surface area contributed by atoms with Gasteiger partial charge in [0.1, 0.15) is 12.1 Å². The van der Waals surface area contributed by atoms with Gasteiger partial charge in [-0.2, -0.15) is 5.10 Å². The Bertz CT molecular complexity index is 468. The van der Waals surface area contributed by atoms with Gasteiger partial charge in [-0.3, -0.25) is 14.3 Å². The van der Waals surface area contributed by atoms with Crippen molar-refractivity contribution in [1.29, 1.82) is 0 Å². The van der Waals surface area contributed by atoms with E-state index in [4.69, 9.17) is 0 Å². The van der Waals surface area contributed by atoms with Gasteiger partial charge in [0, 0.05) is 31.9 Å². The summed E-state index contributed by atoms with van der Waals surface area (Å²) in [7, 11) is 1.87. The highest BCUT2D eigenvalue weighted by atomic mass is 16.2. The highest BCUT2D eigenvalue weighted by Crippen LogP contribution is 2.11. The Labute approximate surface area is 106 Å². The van der Waals surface area contributed by atoms with E-state index in [1.54, 1.807) is 29.6 Å². The molecule has 0 aliphatic carbocycles. The molecule has 6 nitrogen and oxygen atoms in total. The standard InChI is InChI=1S/C12H18N4O2/c1-8-12(18)16(9(2)11(17)14-8)7-5-10-4-6-13-15(10)3/h4,6,8-9H,5,7H2,1-3H3,(H,14,17). The number of hydrogen-bond acceptors (Lipinski definition) is 3. The highest BCUT2D eigenvalue weighted by molar-refractivity contribution is 5.96. The van der Waals surface area contributed by atoms with Crippen LogP contribution in [0.15, 0.2) is 12.3 Å². The number of nitrogens with zero attached hydrogens (tertiary/aromatic N) is 3. The van der Waals surface area contributed by atoms with Crippen molar-refractivity contribution in [3.8, 4) is 0 Å². The van der Waals surface area contributed by atoms with Crippen LogP contribution in [-0.2, 0) is 23.1 Å². The molecular weight excluding hydrogens is 232 g/mol. The first kappa shape index (κ1) is 12.6. The Morgan fingerprint density at radius 3 is 2.72 bits per heavy atom. The minimum atomic E-state index is -0.430. The molecule has 0 radical (unpaired) electrons. The summed E-state index contributed by atoms with van der Waals surface area (Å²) in [4.78, 5) is 25.3. The van der Waals surface area contributed by atoms with E-state index in [1.165, 1.54) is 0 Å². The molecule has 0 bridgehead atoms. The van der Waals surface area contributed by atoms with E-state index in [-0.39, 0.29) is 11.8 Å².